The molecule has 0 saturated carbocycles. The van der Waals surface area contributed by atoms with Crippen LogP contribution >= 0.6 is 7.92 Å². The van der Waals surface area contributed by atoms with Crippen LogP contribution in [0, 0.1) is 0 Å². The lowest BCUT2D eigenvalue weighted by Crippen LogP contribution is -2.35. The first kappa shape index (κ1) is 19.1. The number of morpholine rings is 1. The van der Waals surface area contributed by atoms with Gasteiger partial charge in [-0.1, -0.05) is 72.8 Å². The maximum Gasteiger partial charge on any atom is 0.0858 e. The number of ether oxygens (including phenoxy) is 1. The van der Waals surface area contributed by atoms with Crippen molar-refractivity contribution in [2.75, 3.05) is 26.3 Å². The maximum atomic E-state index is 5.43. The fraction of sp³-hybridized carbons (Fsp3) is 0.292. The lowest BCUT2D eigenvalue weighted by Gasteiger charge is -2.25. The monoisotopic (exact) mass is 390 g/mol. The van der Waals surface area contributed by atoms with Crippen molar-refractivity contribution in [2.24, 2.45) is 4.99 Å². The zero-order chi connectivity index (χ0) is 19.2. The van der Waals surface area contributed by atoms with Gasteiger partial charge in [-0.15, -0.1) is 0 Å². The van der Waals surface area contributed by atoms with Gasteiger partial charge in [0.2, 0.25) is 0 Å². The quantitative estimate of drug-likeness (QED) is 0.422. The zero-order valence-electron chi connectivity index (χ0n) is 16.4. The number of allylic oxidation sites excluding steroid dienone is 3. The molecule has 4 heteroatoms. The van der Waals surface area contributed by atoms with Gasteiger partial charge in [-0.2, -0.15) is 0 Å². The summed E-state index contributed by atoms with van der Waals surface area (Å²) in [6.45, 7) is 5.68. The molecule has 2 aromatic rings. The molecule has 28 heavy (non-hydrogen) atoms. The van der Waals surface area contributed by atoms with Crippen LogP contribution in [0.1, 0.15) is 13.3 Å². The summed E-state index contributed by atoms with van der Waals surface area (Å²) in [6, 6.07) is 22.0. The molecule has 0 spiro atoms. The SMILES string of the molecule is C[C@@H](N=CN1CCOCC1)C1=C(P(c2ccccc2)c2ccccc2)C=CC1. The van der Waals surface area contributed by atoms with Gasteiger partial charge in [0.05, 0.1) is 25.6 Å². The Labute approximate surface area is 169 Å². The number of hydrogen-bond acceptors (Lipinski definition) is 2. The van der Waals surface area contributed by atoms with Crippen LogP contribution in [0.5, 0.6) is 0 Å². The van der Waals surface area contributed by atoms with E-state index in [4.69, 9.17) is 9.73 Å². The van der Waals surface area contributed by atoms with E-state index in [1.54, 1.807) is 0 Å². The van der Waals surface area contributed by atoms with Crippen molar-refractivity contribution in [3.05, 3.63) is 83.7 Å². The Balaban J connectivity index is 1.65. The van der Waals surface area contributed by atoms with Crippen molar-refractivity contribution in [1.29, 1.82) is 0 Å². The van der Waals surface area contributed by atoms with Crippen LogP contribution in [-0.2, 0) is 4.74 Å². The lowest BCUT2D eigenvalue weighted by atomic mass is 10.1. The van der Waals surface area contributed by atoms with E-state index >= 15 is 0 Å². The van der Waals surface area contributed by atoms with Gasteiger partial charge in [-0.3, -0.25) is 4.99 Å². The Morgan fingerprint density at radius 1 is 0.964 bits per heavy atom. The van der Waals surface area contributed by atoms with Crippen LogP contribution in [0.3, 0.4) is 0 Å². The summed E-state index contributed by atoms with van der Waals surface area (Å²) in [4.78, 5) is 7.17. The summed E-state index contributed by atoms with van der Waals surface area (Å²) in [7, 11) is -0.564. The highest BCUT2D eigenvalue weighted by atomic mass is 31.1. The summed E-state index contributed by atoms with van der Waals surface area (Å²) in [6.07, 6.45) is 7.66. The highest BCUT2D eigenvalue weighted by molar-refractivity contribution is 7.77. The number of aliphatic imine (C=N–C) groups is 1. The van der Waals surface area contributed by atoms with Crippen LogP contribution in [0.4, 0.5) is 0 Å². The molecule has 1 saturated heterocycles. The van der Waals surface area contributed by atoms with Crippen molar-refractivity contribution in [3.8, 4) is 0 Å². The molecular weight excluding hydrogens is 363 g/mol. The summed E-state index contributed by atoms with van der Waals surface area (Å²) in [5.41, 5.74) is 1.45. The van der Waals surface area contributed by atoms with Gasteiger partial charge >= 0.3 is 0 Å². The smallest absolute Gasteiger partial charge is 0.0858 e. The Bertz CT molecular complexity index is 815. The van der Waals surface area contributed by atoms with E-state index in [1.165, 1.54) is 21.5 Å². The summed E-state index contributed by atoms with van der Waals surface area (Å²) in [5.74, 6) is 0. The normalized spacial score (nSPS) is 18.4. The third-order valence-electron chi connectivity index (χ3n) is 5.22. The molecule has 0 radical (unpaired) electrons. The Morgan fingerprint density at radius 2 is 1.57 bits per heavy atom. The molecule has 1 heterocycles. The summed E-state index contributed by atoms with van der Waals surface area (Å²) < 4.78 is 5.43. The molecule has 4 rings (SSSR count). The van der Waals surface area contributed by atoms with Crippen molar-refractivity contribution >= 4 is 24.9 Å². The molecule has 0 unspecified atom stereocenters. The summed E-state index contributed by atoms with van der Waals surface area (Å²) >= 11 is 0. The highest BCUT2D eigenvalue weighted by Gasteiger charge is 2.24. The van der Waals surface area contributed by atoms with Crippen LogP contribution in [-0.4, -0.2) is 43.6 Å². The van der Waals surface area contributed by atoms with Crippen molar-refractivity contribution in [1.82, 2.24) is 4.90 Å². The van der Waals surface area contributed by atoms with Gasteiger partial charge in [0.25, 0.3) is 0 Å². The van der Waals surface area contributed by atoms with Crippen molar-refractivity contribution < 1.29 is 4.74 Å². The molecule has 144 valence electrons. The van der Waals surface area contributed by atoms with Gasteiger partial charge in [-0.25, -0.2) is 0 Å². The van der Waals surface area contributed by atoms with Crippen LogP contribution in [0.15, 0.2) is 88.7 Å². The molecule has 0 aromatic heterocycles. The largest absolute Gasteiger partial charge is 0.378 e. The predicted molar refractivity (Wildman–Crippen MR) is 120 cm³/mol. The Kier molecular flexibility index (Phi) is 6.36. The van der Waals surface area contributed by atoms with Gasteiger partial charge in [0.1, 0.15) is 0 Å². The van der Waals surface area contributed by atoms with E-state index < -0.39 is 7.92 Å². The highest BCUT2D eigenvalue weighted by Crippen LogP contribution is 2.48. The van der Waals surface area contributed by atoms with Crippen LogP contribution < -0.4 is 10.6 Å². The number of hydrogen-bond donors (Lipinski definition) is 0. The van der Waals surface area contributed by atoms with Crippen molar-refractivity contribution in [2.45, 2.75) is 19.4 Å². The number of rotatable bonds is 6. The van der Waals surface area contributed by atoms with E-state index in [0.717, 1.165) is 32.7 Å². The van der Waals surface area contributed by atoms with E-state index in [1.807, 2.05) is 6.34 Å². The van der Waals surface area contributed by atoms with Gasteiger partial charge in [-0.05, 0) is 42.8 Å². The minimum atomic E-state index is -0.564. The minimum absolute atomic E-state index is 0.185. The Morgan fingerprint density at radius 3 is 2.18 bits per heavy atom. The average Bonchev–Trinajstić information content (AvgIpc) is 3.24. The second-order valence-electron chi connectivity index (χ2n) is 7.11. The van der Waals surface area contributed by atoms with Gasteiger partial charge in [0, 0.05) is 13.1 Å². The van der Waals surface area contributed by atoms with Crippen molar-refractivity contribution in [3.63, 3.8) is 0 Å². The average molecular weight is 390 g/mol. The third kappa shape index (κ3) is 4.43. The molecule has 0 amide bonds. The van der Waals surface area contributed by atoms with E-state index in [0.29, 0.717) is 0 Å². The molecular formula is C24H27N2OP. The predicted octanol–water partition coefficient (Wildman–Crippen LogP) is 4.08. The van der Waals surface area contributed by atoms with E-state index in [9.17, 15) is 0 Å². The van der Waals surface area contributed by atoms with Crippen LogP contribution in [0.25, 0.3) is 0 Å². The second kappa shape index (κ2) is 9.32. The molecule has 2 aromatic carbocycles. The van der Waals surface area contributed by atoms with Crippen LogP contribution in [0.2, 0.25) is 0 Å². The number of benzene rings is 2. The first-order valence-electron chi connectivity index (χ1n) is 9.98. The molecule has 0 N–H and O–H groups in total. The standard InChI is InChI=1S/C24H27N2OP/c1-20(25-19-26-15-17-27-18-16-26)23-13-8-14-24(23)28(21-9-4-2-5-10-21)22-11-6-3-7-12-22/h2-12,14,19-20H,13,15-18H2,1H3/t20-/m1/s1. The molecule has 1 aliphatic carbocycles. The zero-order valence-corrected chi connectivity index (χ0v) is 17.3. The minimum Gasteiger partial charge on any atom is -0.378 e. The first-order valence-corrected chi connectivity index (χ1v) is 11.3. The second-order valence-corrected chi connectivity index (χ2v) is 9.30. The number of nitrogens with zero attached hydrogens (tertiary/aromatic N) is 2. The molecule has 1 fully saturated rings. The fourth-order valence-corrected chi connectivity index (χ4v) is 6.29. The Hall–Kier alpha value is -2.22. The van der Waals surface area contributed by atoms with Gasteiger partial charge < -0.3 is 9.64 Å². The lowest BCUT2D eigenvalue weighted by molar-refractivity contribution is 0.0699. The molecule has 0 bridgehead atoms. The maximum absolute atomic E-state index is 5.43. The molecule has 2 aliphatic rings. The van der Waals surface area contributed by atoms with E-state index in [2.05, 4.69) is 84.6 Å². The molecule has 1 atom stereocenters. The molecule has 3 nitrogen and oxygen atoms in total. The molecule has 1 aliphatic heterocycles. The first-order chi connectivity index (χ1) is 13.8. The van der Waals surface area contributed by atoms with Gasteiger partial charge in [0.15, 0.2) is 0 Å². The third-order valence-corrected chi connectivity index (χ3v) is 7.76. The summed E-state index contributed by atoms with van der Waals surface area (Å²) in [5, 5.41) is 4.25. The van der Waals surface area contributed by atoms with E-state index in [-0.39, 0.29) is 6.04 Å². The fourth-order valence-electron chi connectivity index (χ4n) is 3.67. The topological polar surface area (TPSA) is 24.8 Å².